The normalized spacial score (nSPS) is 14.4. The molecule has 3 aromatic carbocycles. The highest BCUT2D eigenvalue weighted by molar-refractivity contribution is 7.07. The van der Waals surface area contributed by atoms with Crippen LogP contribution in [0.2, 0.25) is 10.0 Å². The number of fused-ring (bicyclic) bond motifs is 1. The summed E-state index contributed by atoms with van der Waals surface area (Å²) in [7, 11) is 1.54. The average Bonchev–Trinajstić information content (AvgIpc) is 3.33. The van der Waals surface area contributed by atoms with Crippen LogP contribution in [0.5, 0.6) is 17.2 Å². The summed E-state index contributed by atoms with van der Waals surface area (Å²) in [6.45, 7) is 7.92. The quantitative estimate of drug-likeness (QED) is 0.139. The van der Waals surface area contributed by atoms with E-state index in [0.717, 1.165) is 16.7 Å². The second kappa shape index (κ2) is 14.2. The summed E-state index contributed by atoms with van der Waals surface area (Å²) < 4.78 is 24.6. The Kier molecular flexibility index (Phi) is 10.1. The molecule has 0 aliphatic carbocycles. The number of rotatable bonds is 11. The van der Waals surface area contributed by atoms with Gasteiger partial charge in [0.05, 0.1) is 35.6 Å². The van der Waals surface area contributed by atoms with Gasteiger partial charge in [-0.15, -0.1) is 0 Å². The molecule has 0 spiro atoms. The Labute approximate surface area is 274 Å². The van der Waals surface area contributed by atoms with Gasteiger partial charge in [0.1, 0.15) is 19.0 Å². The summed E-state index contributed by atoms with van der Waals surface area (Å²) in [6, 6.07) is 17.1. The zero-order chi connectivity index (χ0) is 32.1. The van der Waals surface area contributed by atoms with Crippen molar-refractivity contribution in [2.45, 2.75) is 26.5 Å². The van der Waals surface area contributed by atoms with Crippen molar-refractivity contribution in [3.8, 4) is 17.2 Å². The number of thiazole rings is 1. The molecule has 4 aromatic rings. The first-order valence-electron chi connectivity index (χ1n) is 14.0. The van der Waals surface area contributed by atoms with Crippen LogP contribution < -0.4 is 29.1 Å². The molecule has 0 saturated heterocycles. The molecule has 1 aliphatic rings. The van der Waals surface area contributed by atoms with Gasteiger partial charge in [-0.05, 0) is 67.4 Å². The maximum atomic E-state index is 14.0. The Balaban J connectivity index is 1.52. The van der Waals surface area contributed by atoms with Gasteiger partial charge >= 0.3 is 5.97 Å². The van der Waals surface area contributed by atoms with Crippen LogP contribution in [0, 0.1) is 0 Å². The molecule has 1 aromatic heterocycles. The topological polar surface area (TPSA) is 88.4 Å². The highest BCUT2D eigenvalue weighted by atomic mass is 35.5. The first kappa shape index (κ1) is 32.1. The zero-order valence-corrected chi connectivity index (χ0v) is 27.2. The van der Waals surface area contributed by atoms with E-state index < -0.39 is 12.0 Å². The summed E-state index contributed by atoms with van der Waals surface area (Å²) in [5.74, 6) is 1.11. The maximum Gasteiger partial charge on any atom is 0.338 e. The molecule has 1 atom stereocenters. The third-order valence-corrected chi connectivity index (χ3v) is 8.53. The van der Waals surface area contributed by atoms with E-state index >= 15 is 0 Å². The summed E-state index contributed by atoms with van der Waals surface area (Å²) in [5, 5.41) is 1.05. The van der Waals surface area contributed by atoms with E-state index in [4.69, 9.17) is 42.1 Å². The van der Waals surface area contributed by atoms with Crippen LogP contribution in [0.15, 0.2) is 94.4 Å². The SMILES string of the molecule is C=CCOc1ccc([C@@H]2C(C(=O)OCC)=C(C)N=c3s/c(=C\c4ccc(OCc5ccc(Cl)cc5Cl)c(OC)c4)c(=O)n32)cc1. The number of benzene rings is 3. The largest absolute Gasteiger partial charge is 0.493 e. The van der Waals surface area contributed by atoms with Crippen LogP contribution >= 0.6 is 34.5 Å². The molecule has 0 saturated carbocycles. The molecular formula is C34H30Cl2N2O6S. The third kappa shape index (κ3) is 7.01. The highest BCUT2D eigenvalue weighted by Gasteiger charge is 2.33. The van der Waals surface area contributed by atoms with Crippen molar-refractivity contribution in [2.75, 3.05) is 20.3 Å². The van der Waals surface area contributed by atoms with Crippen molar-refractivity contribution in [2.24, 2.45) is 4.99 Å². The number of ether oxygens (including phenoxy) is 4. The van der Waals surface area contributed by atoms with Crippen molar-refractivity contribution in [3.05, 3.63) is 131 Å². The van der Waals surface area contributed by atoms with Crippen molar-refractivity contribution >= 4 is 46.6 Å². The Morgan fingerprint density at radius 2 is 1.84 bits per heavy atom. The molecule has 0 amide bonds. The van der Waals surface area contributed by atoms with Crippen LogP contribution in [0.4, 0.5) is 0 Å². The van der Waals surface area contributed by atoms with Crippen LogP contribution in [-0.2, 0) is 16.1 Å². The lowest BCUT2D eigenvalue weighted by atomic mass is 9.96. The summed E-state index contributed by atoms with van der Waals surface area (Å²) in [5.41, 5.74) is 2.72. The lowest BCUT2D eigenvalue weighted by Gasteiger charge is -2.24. The highest BCUT2D eigenvalue weighted by Crippen LogP contribution is 2.33. The van der Waals surface area contributed by atoms with Gasteiger partial charge < -0.3 is 18.9 Å². The summed E-state index contributed by atoms with van der Waals surface area (Å²) in [4.78, 5) is 32.3. The third-order valence-electron chi connectivity index (χ3n) is 6.96. The predicted molar refractivity (Wildman–Crippen MR) is 176 cm³/mol. The minimum atomic E-state index is -0.735. The average molecular weight is 666 g/mol. The van der Waals surface area contributed by atoms with Crippen LogP contribution in [0.3, 0.4) is 0 Å². The van der Waals surface area contributed by atoms with E-state index in [1.165, 1.54) is 11.3 Å². The van der Waals surface area contributed by atoms with E-state index in [0.29, 0.717) is 54.5 Å². The van der Waals surface area contributed by atoms with Crippen LogP contribution in [0.25, 0.3) is 6.08 Å². The minimum Gasteiger partial charge on any atom is -0.493 e. The summed E-state index contributed by atoms with van der Waals surface area (Å²) >= 11 is 13.5. The Morgan fingerprint density at radius 1 is 1.07 bits per heavy atom. The van der Waals surface area contributed by atoms with Gasteiger partial charge in [-0.2, -0.15) is 0 Å². The van der Waals surface area contributed by atoms with Crippen molar-refractivity contribution in [1.29, 1.82) is 0 Å². The number of aromatic nitrogens is 1. The molecule has 1 aliphatic heterocycles. The molecule has 0 unspecified atom stereocenters. The number of methoxy groups -OCH3 is 1. The number of hydrogen-bond donors (Lipinski definition) is 0. The minimum absolute atomic E-state index is 0.190. The smallest absolute Gasteiger partial charge is 0.338 e. The zero-order valence-electron chi connectivity index (χ0n) is 24.8. The number of nitrogens with zero attached hydrogens (tertiary/aromatic N) is 2. The number of halogens is 2. The van der Waals surface area contributed by atoms with Gasteiger partial charge in [-0.3, -0.25) is 9.36 Å². The fraction of sp³-hybridized carbons (Fsp3) is 0.206. The fourth-order valence-corrected chi connectivity index (χ4v) is 6.36. The molecule has 5 rings (SSSR count). The van der Waals surface area contributed by atoms with Crippen molar-refractivity contribution in [1.82, 2.24) is 4.57 Å². The number of carbonyl (C=O) groups excluding carboxylic acids is 1. The van der Waals surface area contributed by atoms with Gasteiger partial charge in [0, 0.05) is 15.6 Å². The van der Waals surface area contributed by atoms with Gasteiger partial charge in [-0.1, -0.05) is 71.5 Å². The molecule has 8 nitrogen and oxygen atoms in total. The molecule has 0 radical (unpaired) electrons. The van der Waals surface area contributed by atoms with Crippen LogP contribution in [-0.4, -0.2) is 30.9 Å². The van der Waals surface area contributed by atoms with Crippen molar-refractivity contribution < 1.29 is 23.7 Å². The van der Waals surface area contributed by atoms with E-state index in [9.17, 15) is 9.59 Å². The Bertz CT molecular complexity index is 1960. The van der Waals surface area contributed by atoms with E-state index in [2.05, 4.69) is 11.6 Å². The van der Waals surface area contributed by atoms with Gasteiger partial charge in [0.15, 0.2) is 16.3 Å². The molecule has 232 valence electrons. The molecule has 45 heavy (non-hydrogen) atoms. The van der Waals surface area contributed by atoms with E-state index in [1.807, 2.05) is 18.2 Å². The fourth-order valence-electron chi connectivity index (χ4n) is 4.85. The molecule has 11 heteroatoms. The number of hydrogen-bond acceptors (Lipinski definition) is 8. The predicted octanol–water partition coefficient (Wildman–Crippen LogP) is 6.26. The number of allylic oxidation sites excluding steroid dienone is 1. The molecule has 0 N–H and O–H groups in total. The summed E-state index contributed by atoms with van der Waals surface area (Å²) in [6.07, 6.45) is 3.42. The lowest BCUT2D eigenvalue weighted by Crippen LogP contribution is -2.39. The first-order valence-corrected chi connectivity index (χ1v) is 15.6. The second-order valence-corrected chi connectivity index (χ2v) is 11.8. The van der Waals surface area contributed by atoms with Gasteiger partial charge in [-0.25, -0.2) is 9.79 Å². The molecule has 0 bridgehead atoms. The standard InChI is InChI=1S/C34H30Cl2N2O6S/c1-5-15-43-25-12-9-22(10-13-25)31-30(33(40)42-6-2)20(3)37-34-38(31)32(39)29(45-34)17-21-7-14-27(28(16-21)41-4)44-19-23-8-11-24(35)18-26(23)36/h5,7-14,16-18,31H,1,6,15,19H2,2-4H3/b29-17-/t31-/m1/s1. The Hall–Kier alpha value is -4.31. The lowest BCUT2D eigenvalue weighted by molar-refractivity contribution is -0.139. The van der Waals surface area contributed by atoms with E-state index in [1.54, 1.807) is 80.1 Å². The monoisotopic (exact) mass is 664 g/mol. The van der Waals surface area contributed by atoms with Gasteiger partial charge in [0.25, 0.3) is 5.56 Å². The molecule has 2 heterocycles. The van der Waals surface area contributed by atoms with Crippen LogP contribution in [0.1, 0.15) is 36.6 Å². The second-order valence-electron chi connectivity index (χ2n) is 9.91. The molecular weight excluding hydrogens is 635 g/mol. The molecule has 0 fully saturated rings. The first-order chi connectivity index (χ1) is 21.7. The number of esters is 1. The maximum absolute atomic E-state index is 14.0. The Morgan fingerprint density at radius 3 is 2.53 bits per heavy atom. The van der Waals surface area contributed by atoms with E-state index in [-0.39, 0.29) is 18.8 Å². The van der Waals surface area contributed by atoms with Crippen molar-refractivity contribution in [3.63, 3.8) is 0 Å². The van der Waals surface area contributed by atoms with Gasteiger partial charge in [0.2, 0.25) is 0 Å². The number of carbonyl (C=O) groups is 1.